The van der Waals surface area contributed by atoms with Crippen LogP contribution in [0.1, 0.15) is 32.1 Å². The molecule has 0 spiro atoms. The molecule has 0 atom stereocenters. The third-order valence-electron chi connectivity index (χ3n) is 5.28. The molecule has 194 valence electrons. The number of carbonyl (C=O) groups is 2. The third kappa shape index (κ3) is 7.97. The summed E-state index contributed by atoms with van der Waals surface area (Å²) in [4.78, 5) is 24.6. The van der Waals surface area contributed by atoms with Crippen LogP contribution in [0.5, 0.6) is 11.5 Å². The highest BCUT2D eigenvalue weighted by molar-refractivity contribution is 7.15. The number of nitrogens with one attached hydrogen (secondary N) is 2. The van der Waals surface area contributed by atoms with Gasteiger partial charge < -0.3 is 9.47 Å². The largest absolute Gasteiger partial charge is 0.490 e. The van der Waals surface area contributed by atoms with E-state index in [9.17, 15) is 9.59 Å². The number of rotatable bonds is 11. The number of carbonyl (C=O) groups excluding carboxylic acids is 2. The number of benzene rings is 3. The van der Waals surface area contributed by atoms with E-state index in [1.54, 1.807) is 12.1 Å². The number of aryl methyl sites for hydroxylation is 2. The van der Waals surface area contributed by atoms with E-state index in [-0.39, 0.29) is 18.2 Å². The van der Waals surface area contributed by atoms with Crippen LogP contribution in [0.4, 0.5) is 5.13 Å². The van der Waals surface area contributed by atoms with Crippen LogP contribution in [0.25, 0.3) is 0 Å². The minimum absolute atomic E-state index is 0.0144. The van der Waals surface area contributed by atoms with Gasteiger partial charge in [0.15, 0.2) is 0 Å². The van der Waals surface area contributed by atoms with E-state index in [1.807, 2.05) is 74.5 Å². The van der Waals surface area contributed by atoms with Crippen molar-refractivity contribution >= 4 is 34.5 Å². The van der Waals surface area contributed by atoms with Crippen LogP contribution < -0.4 is 20.2 Å². The number of hydrazone groups is 1. The molecule has 0 aliphatic heterocycles. The van der Waals surface area contributed by atoms with Crippen molar-refractivity contribution in [2.75, 3.05) is 18.5 Å². The molecule has 0 unspecified atom stereocenters. The molecular formula is C28H27N5O4S. The lowest BCUT2D eigenvalue weighted by atomic mass is 10.1. The highest BCUT2D eigenvalue weighted by atomic mass is 32.1. The summed E-state index contributed by atoms with van der Waals surface area (Å²) in [5.74, 6) is 0.869. The SMILES string of the molecule is Cc1ccc(C(=O)Nc2nnc(CC(=O)N/N=C\c3cccc(OCCOc4ccccc4C)c3)s2)cc1. The summed E-state index contributed by atoms with van der Waals surface area (Å²) in [5, 5.41) is 15.4. The van der Waals surface area contributed by atoms with Crippen molar-refractivity contribution < 1.29 is 19.1 Å². The molecule has 10 heteroatoms. The molecule has 0 saturated heterocycles. The van der Waals surface area contributed by atoms with Gasteiger partial charge in [0.1, 0.15) is 29.7 Å². The molecule has 0 saturated carbocycles. The van der Waals surface area contributed by atoms with Crippen molar-refractivity contribution in [3.05, 3.63) is 100 Å². The number of hydrogen-bond acceptors (Lipinski definition) is 8. The van der Waals surface area contributed by atoms with Gasteiger partial charge in [0.25, 0.3) is 5.91 Å². The monoisotopic (exact) mass is 529 g/mol. The number of aromatic nitrogens is 2. The van der Waals surface area contributed by atoms with E-state index in [0.29, 0.717) is 34.7 Å². The normalized spacial score (nSPS) is 10.8. The zero-order valence-corrected chi connectivity index (χ0v) is 21.8. The first-order chi connectivity index (χ1) is 18.5. The minimum Gasteiger partial charge on any atom is -0.490 e. The average molecular weight is 530 g/mol. The first-order valence-electron chi connectivity index (χ1n) is 11.9. The molecule has 4 aromatic rings. The fraction of sp³-hybridized carbons (Fsp3) is 0.179. The standard InChI is InChI=1S/C28H27N5O4S/c1-19-10-12-22(13-11-19)27(35)30-28-33-32-26(38-28)17-25(34)31-29-18-21-7-5-8-23(16-21)36-14-15-37-24-9-4-3-6-20(24)2/h3-13,16,18H,14-15,17H2,1-2H3,(H,31,34)(H,30,33,35)/b29-18-. The molecule has 2 N–H and O–H groups in total. The zero-order chi connectivity index (χ0) is 26.7. The lowest BCUT2D eigenvalue weighted by molar-refractivity contribution is -0.120. The number of anilines is 1. The van der Waals surface area contributed by atoms with Gasteiger partial charge in [-0.2, -0.15) is 5.10 Å². The van der Waals surface area contributed by atoms with Crippen molar-refractivity contribution in [2.45, 2.75) is 20.3 Å². The fourth-order valence-corrected chi connectivity index (χ4v) is 4.05. The predicted molar refractivity (Wildman–Crippen MR) is 147 cm³/mol. The smallest absolute Gasteiger partial charge is 0.257 e. The van der Waals surface area contributed by atoms with Crippen molar-refractivity contribution in [1.29, 1.82) is 0 Å². The molecule has 1 heterocycles. The highest BCUT2D eigenvalue weighted by Gasteiger charge is 2.12. The van der Waals surface area contributed by atoms with Crippen LogP contribution in [0.15, 0.2) is 77.9 Å². The summed E-state index contributed by atoms with van der Waals surface area (Å²) in [6.07, 6.45) is 1.52. The van der Waals surface area contributed by atoms with E-state index in [1.165, 1.54) is 6.21 Å². The lowest BCUT2D eigenvalue weighted by Crippen LogP contribution is -2.19. The van der Waals surface area contributed by atoms with Crippen molar-refractivity contribution in [2.24, 2.45) is 5.10 Å². The molecule has 0 fully saturated rings. The van der Waals surface area contributed by atoms with Crippen LogP contribution >= 0.6 is 11.3 Å². The maximum absolute atomic E-state index is 12.3. The topological polar surface area (TPSA) is 115 Å². The predicted octanol–water partition coefficient (Wildman–Crippen LogP) is 4.56. The minimum atomic E-state index is -0.352. The quantitative estimate of drug-likeness (QED) is 0.167. The molecule has 38 heavy (non-hydrogen) atoms. The Bertz CT molecular complexity index is 1420. The first kappa shape index (κ1) is 26.5. The molecular weight excluding hydrogens is 502 g/mol. The maximum atomic E-state index is 12.3. The Hall–Kier alpha value is -4.57. The van der Waals surface area contributed by atoms with Gasteiger partial charge in [0.2, 0.25) is 11.0 Å². The molecule has 0 aliphatic carbocycles. The Morgan fingerprint density at radius 3 is 2.55 bits per heavy atom. The fourth-order valence-electron chi connectivity index (χ4n) is 3.32. The Kier molecular flexibility index (Phi) is 9.14. The molecule has 2 amide bonds. The third-order valence-corrected chi connectivity index (χ3v) is 6.12. The second-order valence-corrected chi connectivity index (χ2v) is 9.39. The van der Waals surface area contributed by atoms with Gasteiger partial charge in [-0.15, -0.1) is 10.2 Å². The molecule has 1 aromatic heterocycles. The van der Waals surface area contributed by atoms with Crippen LogP contribution in [-0.4, -0.2) is 41.4 Å². The van der Waals surface area contributed by atoms with Crippen molar-refractivity contribution in [1.82, 2.24) is 15.6 Å². The van der Waals surface area contributed by atoms with Crippen LogP contribution in [0.3, 0.4) is 0 Å². The summed E-state index contributed by atoms with van der Waals surface area (Å²) in [6, 6.07) is 22.4. The van der Waals surface area contributed by atoms with Gasteiger partial charge in [-0.3, -0.25) is 14.9 Å². The molecule has 0 radical (unpaired) electrons. The second-order valence-electron chi connectivity index (χ2n) is 8.33. The number of para-hydroxylation sites is 1. The number of nitrogens with zero attached hydrogens (tertiary/aromatic N) is 3. The van der Waals surface area contributed by atoms with Crippen LogP contribution in [-0.2, 0) is 11.2 Å². The Labute approximate surface area is 224 Å². The maximum Gasteiger partial charge on any atom is 0.257 e. The van der Waals surface area contributed by atoms with E-state index >= 15 is 0 Å². The number of hydrogen-bond donors (Lipinski definition) is 2. The zero-order valence-electron chi connectivity index (χ0n) is 21.0. The van der Waals surface area contributed by atoms with Gasteiger partial charge in [-0.05, 0) is 55.3 Å². The van der Waals surface area contributed by atoms with Gasteiger partial charge in [-0.1, -0.05) is 59.4 Å². The summed E-state index contributed by atoms with van der Waals surface area (Å²) < 4.78 is 11.5. The summed E-state index contributed by atoms with van der Waals surface area (Å²) in [7, 11) is 0. The lowest BCUT2D eigenvalue weighted by Gasteiger charge is -2.10. The average Bonchev–Trinajstić information content (AvgIpc) is 3.34. The first-order valence-corrected chi connectivity index (χ1v) is 12.7. The van der Waals surface area contributed by atoms with Crippen LogP contribution in [0, 0.1) is 13.8 Å². The Morgan fingerprint density at radius 2 is 1.74 bits per heavy atom. The highest BCUT2D eigenvalue weighted by Crippen LogP contribution is 2.18. The van der Waals surface area contributed by atoms with E-state index in [4.69, 9.17) is 9.47 Å². The van der Waals surface area contributed by atoms with Crippen molar-refractivity contribution in [3.63, 3.8) is 0 Å². The van der Waals surface area contributed by atoms with Crippen molar-refractivity contribution in [3.8, 4) is 11.5 Å². The Morgan fingerprint density at radius 1 is 0.947 bits per heavy atom. The van der Waals surface area contributed by atoms with Gasteiger partial charge >= 0.3 is 0 Å². The molecule has 9 nitrogen and oxygen atoms in total. The summed E-state index contributed by atoms with van der Waals surface area (Å²) >= 11 is 1.13. The second kappa shape index (κ2) is 13.1. The van der Waals surface area contributed by atoms with Gasteiger partial charge in [0.05, 0.1) is 12.6 Å². The molecule has 3 aromatic carbocycles. The molecule has 0 bridgehead atoms. The Balaban J connectivity index is 1.20. The van der Waals surface area contributed by atoms with E-state index in [2.05, 4.69) is 26.0 Å². The molecule has 0 aliphatic rings. The van der Waals surface area contributed by atoms with Crippen LogP contribution in [0.2, 0.25) is 0 Å². The summed E-state index contributed by atoms with van der Waals surface area (Å²) in [6.45, 7) is 4.75. The van der Waals surface area contributed by atoms with E-state index < -0.39 is 0 Å². The summed E-state index contributed by atoms with van der Waals surface area (Å²) in [5.41, 5.74) is 5.90. The van der Waals surface area contributed by atoms with E-state index in [0.717, 1.165) is 33.8 Å². The number of ether oxygens (including phenoxy) is 2. The van der Waals surface area contributed by atoms with Gasteiger partial charge in [0, 0.05) is 5.56 Å². The van der Waals surface area contributed by atoms with Gasteiger partial charge in [-0.25, -0.2) is 5.43 Å². The number of amides is 2. The molecule has 4 rings (SSSR count).